The molecular formula is C15H23ClN2O5. The molecule has 130 valence electrons. The minimum atomic E-state index is -0.286. The molecule has 2 N–H and O–H groups in total. The van der Waals surface area contributed by atoms with Crippen LogP contribution in [0.1, 0.15) is 0 Å². The van der Waals surface area contributed by atoms with Gasteiger partial charge >= 0.3 is 0 Å². The molecule has 1 aromatic rings. The highest BCUT2D eigenvalue weighted by atomic mass is 35.5. The van der Waals surface area contributed by atoms with Crippen LogP contribution in [0.4, 0.5) is 0 Å². The number of rotatable bonds is 7. The molecule has 1 aromatic carbocycles. The van der Waals surface area contributed by atoms with Crippen LogP contribution < -0.4 is 24.8 Å². The van der Waals surface area contributed by atoms with Gasteiger partial charge in [0.2, 0.25) is 5.91 Å². The van der Waals surface area contributed by atoms with Gasteiger partial charge in [0, 0.05) is 24.7 Å². The van der Waals surface area contributed by atoms with Crippen molar-refractivity contribution in [1.82, 2.24) is 10.6 Å². The van der Waals surface area contributed by atoms with E-state index < -0.39 is 0 Å². The van der Waals surface area contributed by atoms with Gasteiger partial charge in [-0.1, -0.05) is 0 Å². The second-order valence-corrected chi connectivity index (χ2v) is 4.77. The number of hydrogen-bond acceptors (Lipinski definition) is 6. The number of hydrogen-bond donors (Lipinski definition) is 2. The molecule has 8 heteroatoms. The third-order valence-corrected chi connectivity index (χ3v) is 3.23. The number of ether oxygens (including phenoxy) is 4. The van der Waals surface area contributed by atoms with Crippen molar-refractivity contribution >= 4 is 18.3 Å². The zero-order valence-corrected chi connectivity index (χ0v) is 14.1. The van der Waals surface area contributed by atoms with E-state index in [0.717, 1.165) is 0 Å². The first-order valence-corrected chi connectivity index (χ1v) is 7.17. The number of carbonyl (C=O) groups is 1. The number of halogens is 1. The predicted molar refractivity (Wildman–Crippen MR) is 87.9 cm³/mol. The molecular weight excluding hydrogens is 324 g/mol. The van der Waals surface area contributed by atoms with Crippen LogP contribution in [0.2, 0.25) is 0 Å². The summed E-state index contributed by atoms with van der Waals surface area (Å²) >= 11 is 0. The summed E-state index contributed by atoms with van der Waals surface area (Å²) in [7, 11) is 3.16. The first-order valence-electron chi connectivity index (χ1n) is 7.17. The summed E-state index contributed by atoms with van der Waals surface area (Å²) in [6, 6.07) is 5.01. The fourth-order valence-electron chi connectivity index (χ4n) is 2.06. The Morgan fingerprint density at radius 1 is 1.26 bits per heavy atom. The van der Waals surface area contributed by atoms with Crippen molar-refractivity contribution in [3.8, 4) is 17.2 Å². The van der Waals surface area contributed by atoms with E-state index in [2.05, 4.69) is 10.6 Å². The SMILES string of the molecule is COc1cc(OC)cc(OCCNC(=O)C2COCCN2)c1.Cl. The molecule has 0 bridgehead atoms. The maximum atomic E-state index is 11.9. The Bertz CT molecular complexity index is 473. The number of morpholine rings is 1. The molecule has 0 spiro atoms. The summed E-state index contributed by atoms with van der Waals surface area (Å²) in [5.41, 5.74) is 0. The van der Waals surface area contributed by atoms with Crippen molar-refractivity contribution in [3.05, 3.63) is 18.2 Å². The first-order chi connectivity index (χ1) is 10.7. The number of amides is 1. The van der Waals surface area contributed by atoms with Gasteiger partial charge in [0.1, 0.15) is 29.9 Å². The molecule has 1 amide bonds. The molecule has 23 heavy (non-hydrogen) atoms. The van der Waals surface area contributed by atoms with Crippen molar-refractivity contribution in [3.63, 3.8) is 0 Å². The number of nitrogens with one attached hydrogen (secondary N) is 2. The summed E-state index contributed by atoms with van der Waals surface area (Å²) < 4.78 is 21.2. The molecule has 1 unspecified atom stereocenters. The molecule has 1 aliphatic heterocycles. The van der Waals surface area contributed by atoms with Gasteiger partial charge < -0.3 is 29.6 Å². The molecule has 0 saturated carbocycles. The molecule has 1 atom stereocenters. The van der Waals surface area contributed by atoms with E-state index in [0.29, 0.717) is 50.2 Å². The second-order valence-electron chi connectivity index (χ2n) is 4.77. The standard InChI is InChI=1S/C15H22N2O5.ClH/c1-19-11-7-12(20-2)9-13(8-11)22-6-4-17-15(18)14-10-21-5-3-16-14;/h7-9,14,16H,3-6,10H2,1-2H3,(H,17,18);1H. The number of benzene rings is 1. The Morgan fingerprint density at radius 2 is 1.91 bits per heavy atom. The third kappa shape index (κ3) is 6.13. The lowest BCUT2D eigenvalue weighted by Gasteiger charge is -2.22. The predicted octanol–water partition coefficient (Wildman–Crippen LogP) is 0.609. The Labute approximate surface area is 142 Å². The second kappa shape index (κ2) is 10.1. The van der Waals surface area contributed by atoms with Gasteiger partial charge in [0.15, 0.2) is 0 Å². The third-order valence-electron chi connectivity index (χ3n) is 3.23. The number of methoxy groups -OCH3 is 2. The minimum absolute atomic E-state index is 0. The molecule has 0 radical (unpaired) electrons. The van der Waals surface area contributed by atoms with Crippen LogP contribution in [-0.2, 0) is 9.53 Å². The average molecular weight is 347 g/mol. The zero-order chi connectivity index (χ0) is 15.8. The first kappa shape index (κ1) is 19.3. The highest BCUT2D eigenvalue weighted by Gasteiger charge is 2.20. The average Bonchev–Trinajstić information content (AvgIpc) is 2.58. The molecule has 7 nitrogen and oxygen atoms in total. The highest BCUT2D eigenvalue weighted by molar-refractivity contribution is 5.85. The van der Waals surface area contributed by atoms with Gasteiger partial charge in [-0.15, -0.1) is 12.4 Å². The van der Waals surface area contributed by atoms with Crippen molar-refractivity contribution in [1.29, 1.82) is 0 Å². The van der Waals surface area contributed by atoms with Crippen molar-refractivity contribution in [2.24, 2.45) is 0 Å². The molecule has 0 aromatic heterocycles. The fourth-order valence-corrected chi connectivity index (χ4v) is 2.06. The summed E-state index contributed by atoms with van der Waals surface area (Å²) in [5.74, 6) is 1.86. The van der Waals surface area contributed by atoms with E-state index in [-0.39, 0.29) is 24.4 Å². The lowest BCUT2D eigenvalue weighted by Crippen LogP contribution is -2.51. The van der Waals surface area contributed by atoms with Crippen LogP contribution in [0.15, 0.2) is 18.2 Å². The zero-order valence-electron chi connectivity index (χ0n) is 13.3. The van der Waals surface area contributed by atoms with Gasteiger partial charge in [-0.05, 0) is 0 Å². The molecule has 2 rings (SSSR count). The van der Waals surface area contributed by atoms with Crippen molar-refractivity contribution in [2.45, 2.75) is 6.04 Å². The van der Waals surface area contributed by atoms with Crippen LogP contribution in [-0.4, -0.2) is 59.1 Å². The Kier molecular flexibility index (Phi) is 8.53. The highest BCUT2D eigenvalue weighted by Crippen LogP contribution is 2.27. The van der Waals surface area contributed by atoms with Gasteiger partial charge in [0.05, 0.1) is 34.0 Å². The van der Waals surface area contributed by atoms with Crippen LogP contribution in [0, 0.1) is 0 Å². The van der Waals surface area contributed by atoms with E-state index in [1.165, 1.54) is 0 Å². The van der Waals surface area contributed by atoms with Gasteiger partial charge in [-0.2, -0.15) is 0 Å². The van der Waals surface area contributed by atoms with E-state index in [9.17, 15) is 4.79 Å². The molecule has 0 aliphatic carbocycles. The van der Waals surface area contributed by atoms with Crippen LogP contribution >= 0.6 is 12.4 Å². The van der Waals surface area contributed by atoms with Crippen LogP contribution in [0.25, 0.3) is 0 Å². The van der Waals surface area contributed by atoms with Gasteiger partial charge in [0.25, 0.3) is 0 Å². The lowest BCUT2D eigenvalue weighted by molar-refractivity contribution is -0.126. The van der Waals surface area contributed by atoms with Gasteiger partial charge in [-0.3, -0.25) is 4.79 Å². The maximum absolute atomic E-state index is 11.9. The summed E-state index contributed by atoms with van der Waals surface area (Å²) in [6.07, 6.45) is 0. The van der Waals surface area contributed by atoms with Crippen molar-refractivity contribution < 1.29 is 23.7 Å². The smallest absolute Gasteiger partial charge is 0.239 e. The summed E-state index contributed by atoms with van der Waals surface area (Å²) in [5, 5.41) is 5.91. The Morgan fingerprint density at radius 3 is 2.48 bits per heavy atom. The van der Waals surface area contributed by atoms with Crippen LogP contribution in [0.3, 0.4) is 0 Å². The van der Waals surface area contributed by atoms with E-state index in [1.54, 1.807) is 32.4 Å². The summed E-state index contributed by atoms with van der Waals surface area (Å²) in [4.78, 5) is 11.9. The molecule has 1 heterocycles. The molecule has 1 aliphatic rings. The minimum Gasteiger partial charge on any atom is -0.496 e. The summed E-state index contributed by atoms with van der Waals surface area (Å²) in [6.45, 7) is 2.51. The van der Waals surface area contributed by atoms with E-state index in [4.69, 9.17) is 18.9 Å². The Balaban J connectivity index is 0.00000264. The van der Waals surface area contributed by atoms with E-state index in [1.807, 2.05) is 0 Å². The quantitative estimate of drug-likeness (QED) is 0.704. The van der Waals surface area contributed by atoms with Crippen molar-refractivity contribution in [2.75, 3.05) is 47.1 Å². The van der Waals surface area contributed by atoms with E-state index >= 15 is 0 Å². The molecule has 1 fully saturated rings. The maximum Gasteiger partial charge on any atom is 0.239 e. The molecule has 1 saturated heterocycles. The Hall–Kier alpha value is -1.70. The topological polar surface area (TPSA) is 78.0 Å². The largest absolute Gasteiger partial charge is 0.496 e. The fraction of sp³-hybridized carbons (Fsp3) is 0.533. The van der Waals surface area contributed by atoms with Crippen LogP contribution in [0.5, 0.6) is 17.2 Å². The van der Waals surface area contributed by atoms with Gasteiger partial charge in [-0.25, -0.2) is 0 Å². The monoisotopic (exact) mass is 346 g/mol. The lowest BCUT2D eigenvalue weighted by atomic mass is 10.2. The normalized spacial score (nSPS) is 16.9. The number of carbonyl (C=O) groups excluding carboxylic acids is 1.